The lowest BCUT2D eigenvalue weighted by Gasteiger charge is -2.06. The van der Waals surface area contributed by atoms with Gasteiger partial charge in [0.15, 0.2) is 0 Å². The Morgan fingerprint density at radius 1 is 1.44 bits per heavy atom. The fourth-order valence-corrected chi connectivity index (χ4v) is 2.12. The maximum absolute atomic E-state index is 5.67. The van der Waals surface area contributed by atoms with Gasteiger partial charge in [0, 0.05) is 4.47 Å². The molecule has 2 nitrogen and oxygen atoms in total. The highest BCUT2D eigenvalue weighted by Crippen LogP contribution is 2.25. The van der Waals surface area contributed by atoms with Crippen molar-refractivity contribution in [1.82, 2.24) is 0 Å². The van der Waals surface area contributed by atoms with Crippen LogP contribution >= 0.6 is 15.9 Å². The van der Waals surface area contributed by atoms with Gasteiger partial charge in [0.05, 0.1) is 11.6 Å². The summed E-state index contributed by atoms with van der Waals surface area (Å²) in [6.07, 6.45) is 0. The molecule has 0 fully saturated rings. The Morgan fingerprint density at radius 2 is 2.19 bits per heavy atom. The van der Waals surface area contributed by atoms with Crippen LogP contribution in [0.4, 0.5) is 0 Å². The molecule has 1 aliphatic heterocycles. The molecule has 1 aliphatic rings. The van der Waals surface area contributed by atoms with Gasteiger partial charge in [-0.25, -0.2) is 4.99 Å². The molecule has 3 heteroatoms. The van der Waals surface area contributed by atoms with Crippen molar-refractivity contribution in [3.05, 3.63) is 33.8 Å². The molecule has 0 N–H and O–H groups in total. The summed E-state index contributed by atoms with van der Waals surface area (Å²) in [4.78, 5) is 4.62. The second-order valence-electron chi connectivity index (χ2n) is 4.49. The molecule has 0 saturated heterocycles. The number of ether oxygens (including phenoxy) is 1. The zero-order valence-corrected chi connectivity index (χ0v) is 11.4. The Labute approximate surface area is 105 Å². The molecule has 0 amide bonds. The smallest absolute Gasteiger partial charge is 0.217 e. The Balaban J connectivity index is 2.32. The Hall–Kier alpha value is -0.830. The number of halogens is 1. The molecule has 0 bridgehead atoms. The summed E-state index contributed by atoms with van der Waals surface area (Å²) in [5.41, 5.74) is 2.26. The fourth-order valence-electron chi connectivity index (χ4n) is 1.69. The molecule has 1 aromatic rings. The SMILES string of the molecule is Cc1cccc(C2=N[C@@H](C(C)C)CO2)c1Br. The van der Waals surface area contributed by atoms with Crippen LogP contribution in [0.15, 0.2) is 27.7 Å². The standard InChI is InChI=1S/C13H16BrNO/c1-8(2)11-7-16-13(15-11)10-6-4-5-9(3)12(10)14/h4-6,8,11H,7H2,1-3H3/t11-/m1/s1. The maximum Gasteiger partial charge on any atom is 0.217 e. The molecule has 16 heavy (non-hydrogen) atoms. The largest absolute Gasteiger partial charge is 0.475 e. The van der Waals surface area contributed by atoms with Gasteiger partial charge in [0.25, 0.3) is 0 Å². The van der Waals surface area contributed by atoms with E-state index in [0.29, 0.717) is 18.6 Å². The third-order valence-electron chi connectivity index (χ3n) is 2.87. The van der Waals surface area contributed by atoms with Crippen molar-refractivity contribution in [2.45, 2.75) is 26.8 Å². The molecular formula is C13H16BrNO. The zero-order chi connectivity index (χ0) is 11.7. The van der Waals surface area contributed by atoms with Gasteiger partial charge in [-0.1, -0.05) is 26.0 Å². The minimum atomic E-state index is 0.294. The molecule has 0 aliphatic carbocycles. The summed E-state index contributed by atoms with van der Waals surface area (Å²) >= 11 is 3.59. The molecule has 0 unspecified atom stereocenters. The number of hydrogen-bond acceptors (Lipinski definition) is 2. The third kappa shape index (κ3) is 2.14. The van der Waals surface area contributed by atoms with Crippen molar-refractivity contribution < 1.29 is 4.74 Å². The van der Waals surface area contributed by atoms with Crippen molar-refractivity contribution in [1.29, 1.82) is 0 Å². The highest BCUT2D eigenvalue weighted by molar-refractivity contribution is 9.10. The molecular weight excluding hydrogens is 266 g/mol. The Bertz CT molecular complexity index is 426. The van der Waals surface area contributed by atoms with Gasteiger partial charge in [-0.3, -0.25) is 0 Å². The van der Waals surface area contributed by atoms with Crippen LogP contribution in [-0.4, -0.2) is 18.5 Å². The van der Waals surface area contributed by atoms with Crippen molar-refractivity contribution in [2.75, 3.05) is 6.61 Å². The van der Waals surface area contributed by atoms with Crippen molar-refractivity contribution in [3.63, 3.8) is 0 Å². The van der Waals surface area contributed by atoms with E-state index in [0.717, 1.165) is 15.9 Å². The molecule has 0 radical (unpaired) electrons. The number of benzene rings is 1. The first kappa shape index (κ1) is 11.6. The molecule has 0 saturated carbocycles. The normalized spacial score (nSPS) is 19.8. The van der Waals surface area contributed by atoms with E-state index in [1.807, 2.05) is 12.1 Å². The van der Waals surface area contributed by atoms with E-state index in [2.05, 4.69) is 47.8 Å². The van der Waals surface area contributed by atoms with E-state index < -0.39 is 0 Å². The first-order chi connectivity index (χ1) is 7.59. The molecule has 2 rings (SSSR count). The topological polar surface area (TPSA) is 21.6 Å². The summed E-state index contributed by atoms with van der Waals surface area (Å²) in [5, 5.41) is 0. The second kappa shape index (κ2) is 4.58. The quantitative estimate of drug-likeness (QED) is 0.812. The molecule has 1 heterocycles. The van der Waals surface area contributed by atoms with Crippen LogP contribution < -0.4 is 0 Å². The predicted octanol–water partition coefficient (Wildman–Crippen LogP) is 3.56. The Kier molecular flexibility index (Phi) is 3.33. The van der Waals surface area contributed by atoms with Gasteiger partial charge >= 0.3 is 0 Å². The lowest BCUT2D eigenvalue weighted by molar-refractivity contribution is 0.291. The van der Waals surface area contributed by atoms with Crippen LogP contribution in [-0.2, 0) is 4.74 Å². The number of aryl methyl sites for hydroxylation is 1. The van der Waals surface area contributed by atoms with Crippen LogP contribution in [0, 0.1) is 12.8 Å². The second-order valence-corrected chi connectivity index (χ2v) is 5.29. The average molecular weight is 282 g/mol. The highest BCUT2D eigenvalue weighted by atomic mass is 79.9. The predicted molar refractivity (Wildman–Crippen MR) is 70.0 cm³/mol. The molecule has 0 spiro atoms. The first-order valence-corrected chi connectivity index (χ1v) is 6.35. The number of hydrogen-bond donors (Lipinski definition) is 0. The minimum absolute atomic E-state index is 0.294. The lowest BCUT2D eigenvalue weighted by Crippen LogP contribution is -2.13. The van der Waals surface area contributed by atoms with Gasteiger partial charge < -0.3 is 4.74 Å². The summed E-state index contributed by atoms with van der Waals surface area (Å²) in [6.45, 7) is 7.12. The first-order valence-electron chi connectivity index (χ1n) is 5.55. The van der Waals surface area contributed by atoms with E-state index in [9.17, 15) is 0 Å². The van der Waals surface area contributed by atoms with E-state index in [1.54, 1.807) is 0 Å². The van der Waals surface area contributed by atoms with Crippen LogP contribution in [0.1, 0.15) is 25.0 Å². The van der Waals surface area contributed by atoms with Gasteiger partial charge in [0.1, 0.15) is 6.61 Å². The van der Waals surface area contributed by atoms with Crippen LogP contribution in [0.2, 0.25) is 0 Å². The van der Waals surface area contributed by atoms with Gasteiger partial charge in [-0.15, -0.1) is 0 Å². The highest BCUT2D eigenvalue weighted by Gasteiger charge is 2.24. The number of aliphatic imine (C=N–C) groups is 1. The van der Waals surface area contributed by atoms with E-state index >= 15 is 0 Å². The number of rotatable bonds is 2. The maximum atomic E-state index is 5.67. The van der Waals surface area contributed by atoms with Gasteiger partial charge in [-0.05, 0) is 40.4 Å². The lowest BCUT2D eigenvalue weighted by atomic mass is 10.1. The van der Waals surface area contributed by atoms with E-state index in [-0.39, 0.29) is 0 Å². The molecule has 1 atom stereocenters. The zero-order valence-electron chi connectivity index (χ0n) is 9.83. The van der Waals surface area contributed by atoms with E-state index in [4.69, 9.17) is 4.74 Å². The minimum Gasteiger partial charge on any atom is -0.475 e. The number of nitrogens with zero attached hydrogens (tertiary/aromatic N) is 1. The molecule has 86 valence electrons. The monoisotopic (exact) mass is 281 g/mol. The fraction of sp³-hybridized carbons (Fsp3) is 0.462. The van der Waals surface area contributed by atoms with Crippen molar-refractivity contribution in [3.8, 4) is 0 Å². The van der Waals surface area contributed by atoms with Gasteiger partial charge in [-0.2, -0.15) is 0 Å². The molecule has 1 aromatic carbocycles. The summed E-state index contributed by atoms with van der Waals surface area (Å²) < 4.78 is 6.75. The molecule has 0 aromatic heterocycles. The Morgan fingerprint density at radius 3 is 2.81 bits per heavy atom. The van der Waals surface area contributed by atoms with Crippen molar-refractivity contribution >= 4 is 21.8 Å². The van der Waals surface area contributed by atoms with Gasteiger partial charge in [0.2, 0.25) is 5.90 Å². The van der Waals surface area contributed by atoms with Crippen molar-refractivity contribution in [2.24, 2.45) is 10.9 Å². The van der Waals surface area contributed by atoms with Crippen LogP contribution in [0.3, 0.4) is 0 Å². The van der Waals surface area contributed by atoms with Crippen LogP contribution in [0.5, 0.6) is 0 Å². The average Bonchev–Trinajstić information content (AvgIpc) is 2.71. The summed E-state index contributed by atoms with van der Waals surface area (Å²) in [5.74, 6) is 1.30. The van der Waals surface area contributed by atoms with E-state index in [1.165, 1.54) is 5.56 Å². The van der Waals surface area contributed by atoms with Crippen LogP contribution in [0.25, 0.3) is 0 Å². The third-order valence-corrected chi connectivity index (χ3v) is 3.92. The summed E-state index contributed by atoms with van der Waals surface area (Å²) in [6, 6.07) is 6.44. The summed E-state index contributed by atoms with van der Waals surface area (Å²) in [7, 11) is 0.